The van der Waals surface area contributed by atoms with E-state index in [1.165, 1.54) is 0 Å². The summed E-state index contributed by atoms with van der Waals surface area (Å²) in [4.78, 5) is 12.9. The van der Waals surface area contributed by atoms with E-state index in [-0.39, 0.29) is 12.5 Å². The quantitative estimate of drug-likeness (QED) is 0.927. The summed E-state index contributed by atoms with van der Waals surface area (Å²) in [6, 6.07) is 0. The van der Waals surface area contributed by atoms with E-state index in [9.17, 15) is 4.79 Å². The molecule has 1 aromatic carbocycles. The van der Waals surface area contributed by atoms with Crippen LogP contribution in [0.4, 0.5) is 5.69 Å². The Kier molecular flexibility index (Phi) is 4.62. The molecule has 1 aromatic rings. The highest BCUT2D eigenvalue weighted by Crippen LogP contribution is 2.41. The lowest BCUT2D eigenvalue weighted by molar-refractivity contribution is -0.116. The van der Waals surface area contributed by atoms with Crippen LogP contribution in [0.15, 0.2) is 4.47 Å². The fourth-order valence-electron chi connectivity index (χ4n) is 2.09. The lowest BCUT2D eigenvalue weighted by Crippen LogP contribution is -2.31. The first-order valence-corrected chi connectivity index (χ1v) is 6.43. The van der Waals surface area contributed by atoms with Crippen molar-refractivity contribution < 1.29 is 9.53 Å². The maximum Gasteiger partial charge on any atom is 0.236 e. The molecule has 5 heteroatoms. The van der Waals surface area contributed by atoms with Crippen LogP contribution >= 0.6 is 15.9 Å². The van der Waals surface area contributed by atoms with Gasteiger partial charge in [-0.1, -0.05) is 15.9 Å². The highest BCUT2D eigenvalue weighted by molar-refractivity contribution is 9.10. The Morgan fingerprint density at radius 1 is 1.28 bits per heavy atom. The van der Waals surface area contributed by atoms with Crippen molar-refractivity contribution in [1.82, 2.24) is 0 Å². The van der Waals surface area contributed by atoms with Gasteiger partial charge in [0.25, 0.3) is 0 Å². The minimum absolute atomic E-state index is 0.159. The largest absolute Gasteiger partial charge is 0.494 e. The predicted molar refractivity (Wildman–Crippen MR) is 77.4 cm³/mol. The standard InChI is InChI=1S/C13H19BrN2O2/c1-7-8(2)13(18-5)12(9(3)11(7)14)16(4)6-10(15)17/h6H2,1-5H3,(H2,15,17). The van der Waals surface area contributed by atoms with E-state index in [2.05, 4.69) is 15.9 Å². The smallest absolute Gasteiger partial charge is 0.236 e. The van der Waals surface area contributed by atoms with E-state index in [1.54, 1.807) is 7.11 Å². The summed E-state index contributed by atoms with van der Waals surface area (Å²) in [7, 11) is 3.47. The van der Waals surface area contributed by atoms with Crippen LogP contribution in [0.1, 0.15) is 16.7 Å². The Hall–Kier alpha value is -1.23. The van der Waals surface area contributed by atoms with Crippen molar-refractivity contribution in [2.45, 2.75) is 20.8 Å². The summed E-state index contributed by atoms with van der Waals surface area (Å²) in [6.07, 6.45) is 0. The Balaban J connectivity index is 3.46. The molecule has 0 aliphatic carbocycles. The molecular formula is C13H19BrN2O2. The number of amides is 1. The van der Waals surface area contributed by atoms with E-state index in [0.29, 0.717) is 0 Å². The molecule has 0 aliphatic heterocycles. The third kappa shape index (κ3) is 2.61. The second-order valence-corrected chi connectivity index (χ2v) is 5.19. The van der Waals surface area contributed by atoms with Gasteiger partial charge in [0.2, 0.25) is 5.91 Å². The first-order chi connectivity index (χ1) is 8.31. The van der Waals surface area contributed by atoms with E-state index in [1.807, 2.05) is 32.7 Å². The van der Waals surface area contributed by atoms with E-state index >= 15 is 0 Å². The molecule has 1 rings (SSSR count). The number of carbonyl (C=O) groups excluding carboxylic acids is 1. The zero-order valence-electron chi connectivity index (χ0n) is 11.4. The SMILES string of the molecule is COc1c(C)c(C)c(Br)c(C)c1N(C)CC(N)=O. The number of nitrogens with zero attached hydrogens (tertiary/aromatic N) is 1. The number of methoxy groups -OCH3 is 1. The van der Waals surface area contributed by atoms with Crippen molar-refractivity contribution in [2.75, 3.05) is 25.6 Å². The van der Waals surface area contributed by atoms with Crippen LogP contribution in [0.5, 0.6) is 5.75 Å². The van der Waals surface area contributed by atoms with Crippen molar-refractivity contribution in [2.24, 2.45) is 5.73 Å². The van der Waals surface area contributed by atoms with E-state index in [4.69, 9.17) is 10.5 Å². The third-order valence-corrected chi connectivity index (χ3v) is 4.30. The van der Waals surface area contributed by atoms with Crippen LogP contribution in [0.3, 0.4) is 0 Å². The van der Waals surface area contributed by atoms with Crippen LogP contribution in [0.2, 0.25) is 0 Å². The second-order valence-electron chi connectivity index (χ2n) is 4.39. The average molecular weight is 315 g/mol. The van der Waals surface area contributed by atoms with Gasteiger partial charge in [-0.25, -0.2) is 0 Å². The van der Waals surface area contributed by atoms with Crippen molar-refractivity contribution in [3.8, 4) is 5.75 Å². The van der Waals surface area contributed by atoms with Gasteiger partial charge >= 0.3 is 0 Å². The molecule has 0 unspecified atom stereocenters. The molecule has 0 aromatic heterocycles. The van der Waals surface area contributed by atoms with Gasteiger partial charge in [0.05, 0.1) is 19.3 Å². The van der Waals surface area contributed by atoms with E-state index in [0.717, 1.165) is 32.6 Å². The highest BCUT2D eigenvalue weighted by Gasteiger charge is 2.20. The number of nitrogens with two attached hydrogens (primary N) is 1. The molecule has 1 amide bonds. The fraction of sp³-hybridized carbons (Fsp3) is 0.462. The summed E-state index contributed by atoms with van der Waals surface area (Å²) in [5, 5.41) is 0. The Morgan fingerprint density at radius 2 is 1.83 bits per heavy atom. The number of primary amides is 1. The molecule has 0 fully saturated rings. The lowest BCUT2D eigenvalue weighted by atomic mass is 10.0. The van der Waals surface area contributed by atoms with Crippen molar-refractivity contribution >= 4 is 27.5 Å². The maximum absolute atomic E-state index is 11.1. The van der Waals surface area contributed by atoms with Gasteiger partial charge in [-0.15, -0.1) is 0 Å². The molecule has 0 bridgehead atoms. The molecular weight excluding hydrogens is 296 g/mol. The number of hydrogen-bond acceptors (Lipinski definition) is 3. The van der Waals surface area contributed by atoms with Crippen molar-refractivity contribution in [3.05, 3.63) is 21.2 Å². The van der Waals surface area contributed by atoms with Crippen LogP contribution in [0.25, 0.3) is 0 Å². The van der Waals surface area contributed by atoms with Crippen molar-refractivity contribution in [1.29, 1.82) is 0 Å². The molecule has 0 aliphatic rings. The number of carbonyl (C=O) groups is 1. The van der Waals surface area contributed by atoms with Crippen LogP contribution < -0.4 is 15.4 Å². The molecule has 0 spiro atoms. The van der Waals surface area contributed by atoms with Crippen LogP contribution in [0, 0.1) is 20.8 Å². The maximum atomic E-state index is 11.1. The molecule has 0 saturated carbocycles. The molecule has 18 heavy (non-hydrogen) atoms. The lowest BCUT2D eigenvalue weighted by Gasteiger charge is -2.26. The minimum atomic E-state index is -0.367. The number of likely N-dealkylation sites (N-methyl/N-ethyl adjacent to an activating group) is 1. The number of halogens is 1. The summed E-state index contributed by atoms with van der Waals surface area (Å²) in [5.41, 5.74) is 9.38. The normalized spacial score (nSPS) is 10.3. The number of rotatable bonds is 4. The molecule has 100 valence electrons. The van der Waals surface area contributed by atoms with Gasteiger partial charge in [0.15, 0.2) is 0 Å². The van der Waals surface area contributed by atoms with Crippen LogP contribution in [-0.2, 0) is 4.79 Å². The minimum Gasteiger partial charge on any atom is -0.494 e. The van der Waals surface area contributed by atoms with Gasteiger partial charge in [0.1, 0.15) is 5.75 Å². The second kappa shape index (κ2) is 5.61. The topological polar surface area (TPSA) is 55.6 Å². The number of anilines is 1. The van der Waals surface area contributed by atoms with Gasteiger partial charge in [-0.3, -0.25) is 4.79 Å². The fourth-order valence-corrected chi connectivity index (χ4v) is 2.58. The third-order valence-electron chi connectivity index (χ3n) is 3.11. The molecule has 4 nitrogen and oxygen atoms in total. The molecule has 0 saturated heterocycles. The molecule has 0 radical (unpaired) electrons. The Bertz CT molecular complexity index is 487. The first-order valence-electron chi connectivity index (χ1n) is 5.63. The molecule has 0 atom stereocenters. The summed E-state index contributed by atoms with van der Waals surface area (Å²) in [5.74, 6) is 0.422. The zero-order valence-corrected chi connectivity index (χ0v) is 13.0. The van der Waals surface area contributed by atoms with Crippen molar-refractivity contribution in [3.63, 3.8) is 0 Å². The number of hydrogen-bond donors (Lipinski definition) is 1. The summed E-state index contributed by atoms with van der Waals surface area (Å²) in [6.45, 7) is 6.19. The molecule has 0 heterocycles. The first kappa shape index (κ1) is 14.8. The average Bonchev–Trinajstić information content (AvgIpc) is 2.29. The van der Waals surface area contributed by atoms with Gasteiger partial charge < -0.3 is 15.4 Å². The number of benzene rings is 1. The van der Waals surface area contributed by atoms with Gasteiger partial charge in [-0.2, -0.15) is 0 Å². The summed E-state index contributed by atoms with van der Waals surface area (Å²) >= 11 is 3.58. The zero-order chi connectivity index (χ0) is 14.0. The number of ether oxygens (including phenoxy) is 1. The molecule has 2 N–H and O–H groups in total. The van der Waals surface area contributed by atoms with Gasteiger partial charge in [0, 0.05) is 11.5 Å². The summed E-state index contributed by atoms with van der Waals surface area (Å²) < 4.78 is 6.52. The Labute approximate surface area is 116 Å². The monoisotopic (exact) mass is 314 g/mol. The predicted octanol–water partition coefficient (Wildman–Crippen LogP) is 2.30. The van der Waals surface area contributed by atoms with E-state index < -0.39 is 0 Å². The van der Waals surface area contributed by atoms with Crippen LogP contribution in [-0.4, -0.2) is 26.6 Å². The van der Waals surface area contributed by atoms with Gasteiger partial charge in [-0.05, 0) is 37.5 Å². The highest BCUT2D eigenvalue weighted by atomic mass is 79.9. The Morgan fingerprint density at radius 3 is 2.28 bits per heavy atom.